The van der Waals surface area contributed by atoms with Gasteiger partial charge in [-0.15, -0.1) is 0 Å². The largest absolute Gasteiger partial charge is 0.508 e. The van der Waals surface area contributed by atoms with Crippen LogP contribution >= 0.6 is 0 Å². The number of phenols is 1. The number of hydrogen-bond acceptors (Lipinski definition) is 11. The maximum absolute atomic E-state index is 14.2. The second-order valence-corrected chi connectivity index (χ2v) is 14.6. The second kappa shape index (κ2) is 14.1. The summed E-state index contributed by atoms with van der Waals surface area (Å²) in [6.07, 6.45) is 8.67. The van der Waals surface area contributed by atoms with Crippen LogP contribution in [-0.2, 0) is 25.6 Å². The zero-order valence-electron chi connectivity index (χ0n) is 29.2. The van der Waals surface area contributed by atoms with E-state index in [-0.39, 0.29) is 41.5 Å². The lowest BCUT2D eigenvalue weighted by Gasteiger charge is -2.50. The molecule has 1 aromatic rings. The lowest BCUT2D eigenvalue weighted by molar-refractivity contribution is -0.153. The first kappa shape index (κ1) is 36.3. The van der Waals surface area contributed by atoms with Crippen LogP contribution in [0, 0.1) is 17.8 Å². The Labute approximate surface area is 287 Å². The molecule has 13 nitrogen and oxygen atoms in total. The van der Waals surface area contributed by atoms with E-state index in [9.17, 15) is 39.6 Å². The van der Waals surface area contributed by atoms with Gasteiger partial charge in [0.25, 0.3) is 5.91 Å². The van der Waals surface area contributed by atoms with Gasteiger partial charge in [-0.3, -0.25) is 24.1 Å². The third kappa shape index (κ3) is 6.32. The van der Waals surface area contributed by atoms with E-state index in [1.54, 1.807) is 39.2 Å². The van der Waals surface area contributed by atoms with Crippen molar-refractivity contribution in [2.75, 3.05) is 58.0 Å². The first-order valence-corrected chi connectivity index (χ1v) is 17.4. The van der Waals surface area contributed by atoms with E-state index in [0.717, 1.165) is 13.0 Å². The van der Waals surface area contributed by atoms with E-state index in [2.05, 4.69) is 17.1 Å². The van der Waals surface area contributed by atoms with Crippen LogP contribution < -0.4 is 16.0 Å². The molecule has 0 unspecified atom stereocenters. The molecule has 0 radical (unpaired) electrons. The fourth-order valence-corrected chi connectivity index (χ4v) is 8.23. The van der Waals surface area contributed by atoms with E-state index in [1.807, 2.05) is 0 Å². The summed E-state index contributed by atoms with van der Waals surface area (Å²) < 4.78 is 0. The van der Waals surface area contributed by atoms with Gasteiger partial charge in [-0.1, -0.05) is 45.4 Å². The molecule has 1 saturated heterocycles. The van der Waals surface area contributed by atoms with Crippen LogP contribution in [0.4, 0.5) is 11.4 Å². The van der Waals surface area contributed by atoms with E-state index >= 15 is 0 Å². The third-order valence-electron chi connectivity index (χ3n) is 10.8. The van der Waals surface area contributed by atoms with Gasteiger partial charge in [0.1, 0.15) is 22.8 Å². The average Bonchev–Trinajstić information content (AvgIpc) is 3.00. The highest BCUT2D eigenvalue weighted by atomic mass is 16.3. The summed E-state index contributed by atoms with van der Waals surface area (Å²) in [6.45, 7) is 4.36. The molecule has 0 aromatic heterocycles. The minimum Gasteiger partial charge on any atom is -0.508 e. The fourth-order valence-electron chi connectivity index (χ4n) is 8.23. The van der Waals surface area contributed by atoms with Crippen molar-refractivity contribution < 1.29 is 39.6 Å². The Morgan fingerprint density at radius 1 is 1.02 bits per heavy atom. The predicted octanol–water partition coefficient (Wildman–Crippen LogP) is 2.65. The maximum atomic E-state index is 14.2. The molecule has 0 bridgehead atoms. The molecule has 268 valence electrons. The van der Waals surface area contributed by atoms with E-state index < -0.39 is 63.8 Å². The number of carbonyl (C=O) groups is 4. The van der Waals surface area contributed by atoms with Crippen LogP contribution in [0.5, 0.6) is 5.75 Å². The number of aliphatic hydroxyl groups is 3. The number of aliphatic hydroxyl groups excluding tert-OH is 2. The summed E-state index contributed by atoms with van der Waals surface area (Å²) in [6, 6.07) is 0.482. The number of ketones is 2. The number of nitrogens with one attached hydrogen (secondary N) is 1. The van der Waals surface area contributed by atoms with Crippen LogP contribution in [0.15, 0.2) is 23.0 Å². The molecule has 1 heterocycles. The van der Waals surface area contributed by atoms with Gasteiger partial charge in [-0.05, 0) is 57.5 Å². The van der Waals surface area contributed by atoms with Crippen molar-refractivity contribution in [3.63, 3.8) is 0 Å². The number of fused-ring (bicyclic) bond motifs is 3. The fraction of sp³-hybridized carbons (Fsp3) is 0.611. The van der Waals surface area contributed by atoms with Crippen molar-refractivity contribution in [3.05, 3.63) is 34.1 Å². The first-order valence-electron chi connectivity index (χ1n) is 17.4. The van der Waals surface area contributed by atoms with Crippen LogP contribution in [0.1, 0.15) is 69.4 Å². The SMILES string of the molecule is CCCCCCCCCN1CC(C(=O)Nc2cc(N(C)C)c3c(c2O)C(O)=C2C(=O)[C@]4(O)C(O)=C(C(N)=O)C(=O)[C@@H](N(C)C)[C@@H]4C[C@@H]2C3)C1. The molecule has 2 amide bonds. The number of Topliss-reactive ketones (excluding diaryl/α,β-unsaturated/α-hetero) is 2. The summed E-state index contributed by atoms with van der Waals surface area (Å²) >= 11 is 0. The third-order valence-corrected chi connectivity index (χ3v) is 10.8. The monoisotopic (exact) mass is 681 g/mol. The van der Waals surface area contributed by atoms with Gasteiger partial charge < -0.3 is 41.3 Å². The average molecular weight is 682 g/mol. The number of carbonyl (C=O) groups excluding carboxylic acids is 4. The normalized spacial score (nSPS) is 25.6. The summed E-state index contributed by atoms with van der Waals surface area (Å²) in [7, 11) is 6.68. The number of benzene rings is 1. The molecule has 3 aliphatic carbocycles. The number of nitrogens with two attached hydrogens (primary N) is 1. The molecular formula is C36H51N5O8. The summed E-state index contributed by atoms with van der Waals surface area (Å²) in [5.74, 6) is -7.72. The molecule has 5 rings (SSSR count). The number of unbranched alkanes of at least 4 members (excludes halogenated alkanes) is 6. The molecule has 4 aliphatic rings. The van der Waals surface area contributed by atoms with Crippen LogP contribution in [0.2, 0.25) is 0 Å². The molecule has 1 aromatic carbocycles. The molecule has 1 aliphatic heterocycles. The summed E-state index contributed by atoms with van der Waals surface area (Å²) in [4.78, 5) is 58.5. The number of anilines is 2. The zero-order chi connectivity index (χ0) is 35.9. The highest BCUT2D eigenvalue weighted by Gasteiger charge is 2.64. The quantitative estimate of drug-likeness (QED) is 0.102. The van der Waals surface area contributed by atoms with Crippen molar-refractivity contribution in [2.45, 2.75) is 76.4 Å². The molecule has 49 heavy (non-hydrogen) atoms. The topological polar surface area (TPSA) is 197 Å². The Morgan fingerprint density at radius 3 is 2.24 bits per heavy atom. The molecular weight excluding hydrogens is 630 g/mol. The Kier molecular flexibility index (Phi) is 10.5. The Hall–Kier alpha value is -3.94. The Morgan fingerprint density at radius 2 is 1.65 bits per heavy atom. The van der Waals surface area contributed by atoms with Crippen molar-refractivity contribution in [1.29, 1.82) is 0 Å². The number of hydrogen-bond donors (Lipinski definition) is 6. The van der Waals surface area contributed by atoms with Gasteiger partial charge in [-0.2, -0.15) is 0 Å². The number of likely N-dealkylation sites (N-methyl/N-ethyl adjacent to an activating group) is 1. The van der Waals surface area contributed by atoms with Crippen LogP contribution in [0.3, 0.4) is 0 Å². The molecule has 7 N–H and O–H groups in total. The number of aromatic hydroxyl groups is 1. The summed E-state index contributed by atoms with van der Waals surface area (Å²) in [5.41, 5.74) is 2.72. The molecule has 2 fully saturated rings. The molecule has 1 saturated carbocycles. The smallest absolute Gasteiger partial charge is 0.255 e. The van der Waals surface area contributed by atoms with Crippen LogP contribution in [-0.4, -0.2) is 113 Å². The van der Waals surface area contributed by atoms with Crippen molar-refractivity contribution in [3.8, 4) is 5.75 Å². The minimum absolute atomic E-state index is 0.00504. The number of nitrogens with zero attached hydrogens (tertiary/aromatic N) is 3. The van der Waals surface area contributed by atoms with Crippen LogP contribution in [0.25, 0.3) is 5.76 Å². The van der Waals surface area contributed by atoms with Crippen molar-refractivity contribution in [1.82, 2.24) is 9.80 Å². The van der Waals surface area contributed by atoms with Crippen molar-refractivity contribution in [2.24, 2.45) is 23.5 Å². The predicted molar refractivity (Wildman–Crippen MR) is 185 cm³/mol. The summed E-state index contributed by atoms with van der Waals surface area (Å²) in [5, 5.41) is 49.0. The van der Waals surface area contributed by atoms with Gasteiger partial charge >= 0.3 is 0 Å². The van der Waals surface area contributed by atoms with E-state index in [0.29, 0.717) is 24.3 Å². The highest BCUT2D eigenvalue weighted by molar-refractivity contribution is 6.24. The standard InChI is InChI=1S/C36H51N5O8/c1-6-7-8-9-10-11-12-13-41-17-20(18-41)35(48)38-23-16-24(39(2)3)21-14-19-15-22-28(40(4)5)31(44)27(34(37)47)33(46)36(22,49)32(45)25(19)30(43)26(21)29(23)42/h16,19-20,22,28,42-43,46,49H,6-15,17-18H2,1-5H3,(H2,37,47)(H,38,48)/t19-,22-,28-,36-/m0/s1. The number of primary amides is 1. The van der Waals surface area contributed by atoms with Gasteiger partial charge in [0.05, 0.1) is 23.2 Å². The molecule has 13 heteroatoms. The van der Waals surface area contributed by atoms with Gasteiger partial charge in [0.15, 0.2) is 11.4 Å². The minimum atomic E-state index is -2.72. The molecule has 4 atom stereocenters. The van der Waals surface area contributed by atoms with Gasteiger partial charge in [0, 0.05) is 44.4 Å². The highest BCUT2D eigenvalue weighted by Crippen LogP contribution is 2.54. The zero-order valence-corrected chi connectivity index (χ0v) is 29.2. The molecule has 0 spiro atoms. The Balaban J connectivity index is 1.41. The number of amides is 2. The number of phenolic OH excluding ortho intramolecular Hbond substituents is 1. The van der Waals surface area contributed by atoms with Gasteiger partial charge in [0.2, 0.25) is 11.7 Å². The maximum Gasteiger partial charge on any atom is 0.255 e. The lowest BCUT2D eigenvalue weighted by atomic mass is 9.57. The van der Waals surface area contributed by atoms with Crippen molar-refractivity contribution >= 4 is 40.5 Å². The second-order valence-electron chi connectivity index (χ2n) is 14.6. The van der Waals surface area contributed by atoms with E-state index in [1.165, 1.54) is 43.4 Å². The number of rotatable bonds is 13. The van der Waals surface area contributed by atoms with E-state index in [4.69, 9.17) is 5.73 Å². The van der Waals surface area contributed by atoms with Gasteiger partial charge in [-0.25, -0.2) is 0 Å². The number of likely N-dealkylation sites (tertiary alicyclic amines) is 1. The Bertz CT molecular complexity index is 1590. The first-order chi connectivity index (χ1) is 23.1. The lowest BCUT2D eigenvalue weighted by Crippen LogP contribution is -2.65.